The molecule has 1 atom stereocenters. The fraction of sp³-hybridized carbons (Fsp3) is 0.241. The summed E-state index contributed by atoms with van der Waals surface area (Å²) in [6.45, 7) is 1.55. The lowest BCUT2D eigenvalue weighted by Crippen LogP contribution is -2.45. The van der Waals surface area contributed by atoms with Gasteiger partial charge in [0.1, 0.15) is 12.1 Å². The Morgan fingerprint density at radius 1 is 0.838 bits per heavy atom. The van der Waals surface area contributed by atoms with Crippen LogP contribution in [0.2, 0.25) is 0 Å². The maximum Gasteiger partial charge on any atom is 0.328 e. The quantitative estimate of drug-likeness (QED) is 0.427. The van der Waals surface area contributed by atoms with Crippen molar-refractivity contribution in [3.05, 3.63) is 108 Å². The van der Waals surface area contributed by atoms with Gasteiger partial charge in [-0.2, -0.15) is 0 Å². The fourth-order valence-corrected chi connectivity index (χ4v) is 4.54. The maximum absolute atomic E-state index is 13.8. The smallest absolute Gasteiger partial charge is 0.328 e. The number of carboxylic acids is 1. The highest BCUT2D eigenvalue weighted by Crippen LogP contribution is 2.38. The number of urea groups is 1. The van der Waals surface area contributed by atoms with Gasteiger partial charge in [-0.3, -0.25) is 19.3 Å². The van der Waals surface area contributed by atoms with E-state index >= 15 is 0 Å². The Kier molecular flexibility index (Phi) is 7.67. The summed E-state index contributed by atoms with van der Waals surface area (Å²) < 4.78 is 0. The Labute approximate surface area is 215 Å². The van der Waals surface area contributed by atoms with E-state index < -0.39 is 35.9 Å². The van der Waals surface area contributed by atoms with Crippen molar-refractivity contribution in [1.82, 2.24) is 14.7 Å². The number of carbonyl (C=O) groups excluding carboxylic acids is 3. The molecule has 8 nitrogen and oxygen atoms in total. The normalized spacial score (nSPS) is 17.2. The van der Waals surface area contributed by atoms with Crippen LogP contribution in [0.5, 0.6) is 0 Å². The van der Waals surface area contributed by atoms with Gasteiger partial charge in [0.25, 0.3) is 5.91 Å². The molecule has 4 amide bonds. The van der Waals surface area contributed by atoms with E-state index in [2.05, 4.69) is 0 Å². The van der Waals surface area contributed by atoms with Crippen molar-refractivity contribution in [2.24, 2.45) is 0 Å². The van der Waals surface area contributed by atoms with E-state index in [9.17, 15) is 24.3 Å². The van der Waals surface area contributed by atoms with Crippen molar-refractivity contribution in [3.63, 3.8) is 0 Å². The molecule has 0 radical (unpaired) electrons. The molecule has 1 fully saturated rings. The van der Waals surface area contributed by atoms with Gasteiger partial charge in [-0.1, -0.05) is 91.0 Å². The van der Waals surface area contributed by atoms with E-state index in [1.807, 2.05) is 66.7 Å². The Hall–Kier alpha value is -4.46. The molecule has 0 aliphatic carbocycles. The van der Waals surface area contributed by atoms with Crippen LogP contribution in [0.15, 0.2) is 91.0 Å². The first-order chi connectivity index (χ1) is 17.8. The predicted molar refractivity (Wildman–Crippen MR) is 137 cm³/mol. The molecule has 1 N–H and O–H groups in total. The molecule has 1 unspecified atom stereocenters. The van der Waals surface area contributed by atoms with Crippen molar-refractivity contribution >= 4 is 23.8 Å². The van der Waals surface area contributed by atoms with Gasteiger partial charge >= 0.3 is 12.0 Å². The summed E-state index contributed by atoms with van der Waals surface area (Å²) in [5.41, 5.74) is 1.01. The van der Waals surface area contributed by atoms with Crippen LogP contribution in [0, 0.1) is 0 Å². The van der Waals surface area contributed by atoms with Crippen LogP contribution in [0.4, 0.5) is 4.79 Å². The van der Waals surface area contributed by atoms with Gasteiger partial charge in [0.15, 0.2) is 0 Å². The summed E-state index contributed by atoms with van der Waals surface area (Å²) in [6, 6.07) is 27.0. The summed E-state index contributed by atoms with van der Waals surface area (Å²) in [5.74, 6) is -2.03. The minimum Gasteiger partial charge on any atom is -0.481 e. The predicted octanol–water partition coefficient (Wildman–Crippen LogP) is 3.87. The first-order valence-electron chi connectivity index (χ1n) is 12.1. The molecule has 0 saturated carbocycles. The van der Waals surface area contributed by atoms with E-state index in [0.717, 1.165) is 16.0 Å². The Morgan fingerprint density at radius 3 is 1.95 bits per heavy atom. The van der Waals surface area contributed by atoms with E-state index in [4.69, 9.17) is 0 Å². The molecule has 1 heterocycles. The number of hydrogen-bond acceptors (Lipinski definition) is 4. The molecule has 3 aromatic carbocycles. The highest BCUT2D eigenvalue weighted by molar-refractivity contribution is 6.09. The van der Waals surface area contributed by atoms with Crippen LogP contribution in [-0.2, 0) is 33.0 Å². The molecular formula is C29H29N3O5. The zero-order valence-electron chi connectivity index (χ0n) is 20.6. The van der Waals surface area contributed by atoms with Crippen molar-refractivity contribution in [2.75, 3.05) is 13.1 Å². The van der Waals surface area contributed by atoms with Gasteiger partial charge in [-0.05, 0) is 23.6 Å². The molecule has 3 aromatic rings. The third kappa shape index (κ3) is 5.53. The van der Waals surface area contributed by atoms with Crippen LogP contribution in [0.3, 0.4) is 0 Å². The minimum absolute atomic E-state index is 0.0387. The zero-order valence-corrected chi connectivity index (χ0v) is 20.6. The number of carboxylic acid groups (broad SMARTS) is 1. The number of aliphatic carboxylic acids is 1. The molecule has 1 aliphatic rings. The Balaban J connectivity index is 1.62. The molecule has 0 spiro atoms. The summed E-state index contributed by atoms with van der Waals surface area (Å²) in [5, 5.41) is 9.18. The summed E-state index contributed by atoms with van der Waals surface area (Å²) >= 11 is 0. The second-order valence-corrected chi connectivity index (χ2v) is 9.13. The molecule has 0 bridgehead atoms. The van der Waals surface area contributed by atoms with Gasteiger partial charge in [0.05, 0.1) is 6.42 Å². The van der Waals surface area contributed by atoms with E-state index in [0.29, 0.717) is 5.56 Å². The van der Waals surface area contributed by atoms with Gasteiger partial charge in [-0.15, -0.1) is 0 Å². The van der Waals surface area contributed by atoms with Gasteiger partial charge in [0, 0.05) is 19.6 Å². The second-order valence-electron chi connectivity index (χ2n) is 9.13. The zero-order chi connectivity index (χ0) is 26.4. The molecule has 4 rings (SSSR count). The lowest BCUT2D eigenvalue weighted by Gasteiger charge is -2.32. The number of carbonyl (C=O) groups is 4. The SMILES string of the molecule is CC1(c2ccccc2)C(=O)N(CC(=O)N(CCC(=O)O)Cc2ccccc2)C(=O)N1Cc1ccccc1. The van der Waals surface area contributed by atoms with Crippen molar-refractivity contribution in [3.8, 4) is 0 Å². The van der Waals surface area contributed by atoms with Crippen molar-refractivity contribution in [1.29, 1.82) is 0 Å². The maximum atomic E-state index is 13.8. The number of nitrogens with zero attached hydrogens (tertiary/aromatic N) is 3. The van der Waals surface area contributed by atoms with Gasteiger partial charge in [-0.25, -0.2) is 4.79 Å². The molecule has 190 valence electrons. The Morgan fingerprint density at radius 2 is 1.38 bits per heavy atom. The molecule has 0 aromatic heterocycles. The summed E-state index contributed by atoms with van der Waals surface area (Å²) in [7, 11) is 0. The average molecular weight is 500 g/mol. The highest BCUT2D eigenvalue weighted by Gasteiger charge is 2.55. The van der Waals surface area contributed by atoms with Crippen molar-refractivity contribution < 1.29 is 24.3 Å². The van der Waals surface area contributed by atoms with E-state index in [1.54, 1.807) is 31.2 Å². The lowest BCUT2D eigenvalue weighted by atomic mass is 9.90. The Bertz CT molecular complexity index is 1270. The molecular weight excluding hydrogens is 470 g/mol. The molecule has 8 heteroatoms. The molecule has 1 saturated heterocycles. The van der Waals surface area contributed by atoms with E-state index in [-0.39, 0.29) is 26.1 Å². The molecule has 1 aliphatic heterocycles. The van der Waals surface area contributed by atoms with Gasteiger partial charge < -0.3 is 14.9 Å². The van der Waals surface area contributed by atoms with Crippen LogP contribution in [0.1, 0.15) is 30.0 Å². The van der Waals surface area contributed by atoms with Crippen LogP contribution < -0.4 is 0 Å². The largest absolute Gasteiger partial charge is 0.481 e. The molecule has 37 heavy (non-hydrogen) atoms. The third-order valence-corrected chi connectivity index (χ3v) is 6.64. The first-order valence-corrected chi connectivity index (χ1v) is 12.1. The topological polar surface area (TPSA) is 98.2 Å². The van der Waals surface area contributed by atoms with Crippen LogP contribution in [-0.4, -0.2) is 56.7 Å². The van der Waals surface area contributed by atoms with Gasteiger partial charge in [0.2, 0.25) is 5.91 Å². The van der Waals surface area contributed by atoms with Crippen LogP contribution >= 0.6 is 0 Å². The third-order valence-electron chi connectivity index (χ3n) is 6.64. The number of imide groups is 1. The number of amides is 4. The number of rotatable bonds is 10. The first kappa shape index (κ1) is 25.6. The number of benzene rings is 3. The van der Waals surface area contributed by atoms with Crippen molar-refractivity contribution in [2.45, 2.75) is 32.0 Å². The highest BCUT2D eigenvalue weighted by atomic mass is 16.4. The summed E-state index contributed by atoms with van der Waals surface area (Å²) in [6.07, 6.45) is -0.248. The lowest BCUT2D eigenvalue weighted by molar-refractivity contribution is -0.142. The number of hydrogen-bond donors (Lipinski definition) is 1. The summed E-state index contributed by atoms with van der Waals surface area (Å²) in [4.78, 5) is 55.9. The standard InChI is InChI=1S/C29H29N3O5/c1-29(24-15-9-4-10-16-24)27(36)31(28(37)32(29)20-23-13-7-3-8-14-23)21-25(33)30(18-17-26(34)35)19-22-11-5-2-6-12-22/h2-16H,17-21H2,1H3,(H,34,35). The van der Waals surface area contributed by atoms with E-state index in [1.165, 1.54) is 9.80 Å². The fourth-order valence-electron chi connectivity index (χ4n) is 4.54. The van der Waals surface area contributed by atoms with Crippen LogP contribution in [0.25, 0.3) is 0 Å². The minimum atomic E-state index is -1.31. The monoisotopic (exact) mass is 499 g/mol. The second kappa shape index (κ2) is 11.1. The average Bonchev–Trinajstić information content (AvgIpc) is 3.09.